The molecule has 0 radical (unpaired) electrons. The third-order valence-electron chi connectivity index (χ3n) is 3.17. The second-order valence-electron chi connectivity index (χ2n) is 4.36. The van der Waals surface area contributed by atoms with Gasteiger partial charge in [-0.1, -0.05) is 26.0 Å². The zero-order valence-corrected chi connectivity index (χ0v) is 11.0. The van der Waals surface area contributed by atoms with Gasteiger partial charge in [0.1, 0.15) is 6.61 Å². The molecule has 19 heavy (non-hydrogen) atoms. The fourth-order valence-electron chi connectivity index (χ4n) is 1.58. The van der Waals surface area contributed by atoms with Gasteiger partial charge in [-0.3, -0.25) is 0 Å². The maximum Gasteiger partial charge on any atom is 0.339 e. The van der Waals surface area contributed by atoms with E-state index in [1.807, 2.05) is 0 Å². The Hall–Kier alpha value is -1.88. The largest absolute Gasteiger partial charge is 0.478 e. The van der Waals surface area contributed by atoms with E-state index in [-0.39, 0.29) is 17.7 Å². The predicted octanol–water partition coefficient (Wildman–Crippen LogP) is 2.09. The van der Waals surface area contributed by atoms with Crippen LogP contribution >= 0.6 is 0 Å². The molecule has 1 rings (SSSR count). The molecule has 0 atom stereocenters. The van der Waals surface area contributed by atoms with Crippen molar-refractivity contribution >= 4 is 11.9 Å². The van der Waals surface area contributed by atoms with Crippen LogP contribution < -0.4 is 0 Å². The normalized spacial score (nSPS) is 11.1. The summed E-state index contributed by atoms with van der Waals surface area (Å²) in [7, 11) is 0. The monoisotopic (exact) mass is 266 g/mol. The summed E-state index contributed by atoms with van der Waals surface area (Å²) in [5.74, 6) is -1.92. The number of hydrogen-bond acceptors (Lipinski definition) is 4. The van der Waals surface area contributed by atoms with Crippen molar-refractivity contribution in [3.8, 4) is 0 Å². The van der Waals surface area contributed by atoms with E-state index in [4.69, 9.17) is 9.84 Å². The van der Waals surface area contributed by atoms with Crippen LogP contribution in [0.2, 0.25) is 0 Å². The highest BCUT2D eigenvalue weighted by Crippen LogP contribution is 2.17. The smallest absolute Gasteiger partial charge is 0.339 e. The fraction of sp³-hybridized carbons (Fsp3) is 0.429. The van der Waals surface area contributed by atoms with E-state index >= 15 is 0 Å². The van der Waals surface area contributed by atoms with Gasteiger partial charge in [0.05, 0.1) is 16.7 Å². The lowest BCUT2D eigenvalue weighted by atomic mass is 9.99. The summed E-state index contributed by atoms with van der Waals surface area (Å²) in [6.45, 7) is 3.44. The number of aromatic carboxylic acids is 1. The Labute approximate surface area is 111 Å². The van der Waals surface area contributed by atoms with Crippen molar-refractivity contribution in [2.75, 3.05) is 6.61 Å². The number of aliphatic hydroxyl groups is 1. The standard InChI is InChI=1S/C14H18O5/c1-3-14(18,4-2)9-19-13(17)11-8-6-5-7-10(11)12(15)16/h5-8,18H,3-4,9H2,1-2H3,(H,15,16). The minimum Gasteiger partial charge on any atom is -0.478 e. The van der Waals surface area contributed by atoms with Crippen molar-refractivity contribution in [2.45, 2.75) is 32.3 Å². The van der Waals surface area contributed by atoms with Crippen LogP contribution in [0.15, 0.2) is 24.3 Å². The van der Waals surface area contributed by atoms with Crippen LogP contribution in [0.1, 0.15) is 47.4 Å². The van der Waals surface area contributed by atoms with E-state index in [9.17, 15) is 14.7 Å². The zero-order chi connectivity index (χ0) is 14.5. The number of esters is 1. The van der Waals surface area contributed by atoms with Gasteiger partial charge in [0, 0.05) is 0 Å². The number of hydrogen-bond donors (Lipinski definition) is 2. The minimum absolute atomic E-state index is 0.00967. The highest BCUT2D eigenvalue weighted by molar-refractivity contribution is 6.02. The zero-order valence-electron chi connectivity index (χ0n) is 11.0. The van der Waals surface area contributed by atoms with Crippen LogP contribution in [0, 0.1) is 0 Å². The third kappa shape index (κ3) is 3.79. The average Bonchev–Trinajstić information content (AvgIpc) is 2.44. The van der Waals surface area contributed by atoms with Gasteiger partial charge in [-0.05, 0) is 25.0 Å². The van der Waals surface area contributed by atoms with Crippen LogP contribution in [0.5, 0.6) is 0 Å². The third-order valence-corrected chi connectivity index (χ3v) is 3.17. The number of rotatable bonds is 6. The summed E-state index contributed by atoms with van der Waals surface area (Å²) < 4.78 is 5.01. The number of carboxylic acid groups (broad SMARTS) is 1. The van der Waals surface area contributed by atoms with E-state index in [2.05, 4.69) is 0 Å². The van der Waals surface area contributed by atoms with E-state index in [1.54, 1.807) is 19.9 Å². The quantitative estimate of drug-likeness (QED) is 0.770. The van der Waals surface area contributed by atoms with Gasteiger partial charge >= 0.3 is 11.9 Å². The van der Waals surface area contributed by atoms with Gasteiger partial charge in [-0.15, -0.1) is 0 Å². The molecule has 0 aliphatic carbocycles. The highest BCUT2D eigenvalue weighted by Gasteiger charge is 2.25. The molecule has 5 nitrogen and oxygen atoms in total. The number of carbonyl (C=O) groups excluding carboxylic acids is 1. The molecule has 0 spiro atoms. The minimum atomic E-state index is -1.19. The first-order chi connectivity index (χ1) is 8.93. The van der Waals surface area contributed by atoms with Crippen LogP contribution in [0.3, 0.4) is 0 Å². The fourth-order valence-corrected chi connectivity index (χ4v) is 1.58. The van der Waals surface area contributed by atoms with Crippen LogP contribution in [-0.4, -0.2) is 34.4 Å². The number of carboxylic acids is 1. The molecule has 0 saturated carbocycles. The number of carbonyl (C=O) groups is 2. The molecule has 0 aromatic heterocycles. The maximum atomic E-state index is 11.9. The first kappa shape index (κ1) is 15.2. The van der Waals surface area contributed by atoms with Crippen LogP contribution in [-0.2, 0) is 4.74 Å². The average molecular weight is 266 g/mol. The Balaban J connectivity index is 2.82. The van der Waals surface area contributed by atoms with Gasteiger partial charge in [0.25, 0.3) is 0 Å². The Morgan fingerprint density at radius 2 is 1.68 bits per heavy atom. The predicted molar refractivity (Wildman–Crippen MR) is 69.2 cm³/mol. The molecule has 0 heterocycles. The first-order valence-electron chi connectivity index (χ1n) is 6.15. The molecular formula is C14H18O5. The van der Waals surface area contributed by atoms with Crippen molar-refractivity contribution in [1.29, 1.82) is 0 Å². The van der Waals surface area contributed by atoms with E-state index < -0.39 is 17.5 Å². The molecule has 0 saturated heterocycles. The molecule has 0 amide bonds. The highest BCUT2D eigenvalue weighted by atomic mass is 16.5. The van der Waals surface area contributed by atoms with Gasteiger partial charge < -0.3 is 14.9 Å². The van der Waals surface area contributed by atoms with Gasteiger partial charge in [0.2, 0.25) is 0 Å². The topological polar surface area (TPSA) is 83.8 Å². The van der Waals surface area contributed by atoms with Crippen LogP contribution in [0.4, 0.5) is 0 Å². The van der Waals surface area contributed by atoms with Crippen molar-refractivity contribution < 1.29 is 24.5 Å². The summed E-state index contributed by atoms with van der Waals surface area (Å²) in [5.41, 5.74) is -1.18. The SMILES string of the molecule is CCC(O)(CC)COC(=O)c1ccccc1C(=O)O. The van der Waals surface area contributed by atoms with Crippen molar-refractivity contribution in [2.24, 2.45) is 0 Å². The summed E-state index contributed by atoms with van der Waals surface area (Å²) >= 11 is 0. The number of benzene rings is 1. The Kier molecular flexibility index (Phi) is 5.06. The second kappa shape index (κ2) is 6.33. The van der Waals surface area contributed by atoms with Crippen molar-refractivity contribution in [3.63, 3.8) is 0 Å². The molecule has 5 heteroatoms. The molecule has 0 unspecified atom stereocenters. The van der Waals surface area contributed by atoms with Gasteiger partial charge in [-0.25, -0.2) is 9.59 Å². The molecule has 0 bridgehead atoms. The van der Waals surface area contributed by atoms with Crippen molar-refractivity contribution in [1.82, 2.24) is 0 Å². The van der Waals surface area contributed by atoms with E-state index in [0.717, 1.165) is 0 Å². The lowest BCUT2D eigenvalue weighted by Crippen LogP contribution is -2.34. The van der Waals surface area contributed by atoms with Gasteiger partial charge in [-0.2, -0.15) is 0 Å². The molecule has 1 aromatic rings. The summed E-state index contributed by atoms with van der Waals surface area (Å²) in [6.07, 6.45) is 0.911. The molecule has 104 valence electrons. The van der Waals surface area contributed by atoms with E-state index in [0.29, 0.717) is 12.8 Å². The molecule has 1 aromatic carbocycles. The lowest BCUT2D eigenvalue weighted by molar-refractivity contribution is -0.0366. The summed E-state index contributed by atoms with van der Waals surface area (Å²) in [6, 6.07) is 5.83. The Bertz CT molecular complexity index is 463. The van der Waals surface area contributed by atoms with Gasteiger partial charge in [0.15, 0.2) is 0 Å². The molecular weight excluding hydrogens is 248 g/mol. The molecule has 0 aliphatic heterocycles. The summed E-state index contributed by atoms with van der Waals surface area (Å²) in [4.78, 5) is 22.8. The first-order valence-corrected chi connectivity index (χ1v) is 6.15. The Morgan fingerprint density at radius 3 is 2.16 bits per heavy atom. The summed E-state index contributed by atoms with van der Waals surface area (Å²) in [5, 5.41) is 19.0. The Morgan fingerprint density at radius 1 is 1.16 bits per heavy atom. The molecule has 2 N–H and O–H groups in total. The number of ether oxygens (including phenoxy) is 1. The lowest BCUT2D eigenvalue weighted by Gasteiger charge is -2.24. The molecule has 0 aliphatic rings. The molecule has 0 fully saturated rings. The second-order valence-corrected chi connectivity index (χ2v) is 4.36. The van der Waals surface area contributed by atoms with E-state index in [1.165, 1.54) is 18.2 Å². The van der Waals surface area contributed by atoms with Crippen LogP contribution in [0.25, 0.3) is 0 Å². The van der Waals surface area contributed by atoms with Crippen molar-refractivity contribution in [3.05, 3.63) is 35.4 Å². The maximum absolute atomic E-state index is 11.9.